The van der Waals surface area contributed by atoms with Gasteiger partial charge < -0.3 is 10.6 Å². The third kappa shape index (κ3) is 6.84. The van der Waals surface area contributed by atoms with Crippen LogP contribution in [-0.2, 0) is 13.1 Å². The van der Waals surface area contributed by atoms with Crippen LogP contribution in [0.15, 0.2) is 58.8 Å². The Morgan fingerprint density at radius 2 is 1.04 bits per heavy atom. The lowest BCUT2D eigenvalue weighted by atomic mass is 10.0. The average molecular weight is 350 g/mol. The van der Waals surface area contributed by atoms with Crippen LogP contribution in [0.3, 0.4) is 0 Å². The molecule has 0 heterocycles. The minimum absolute atomic E-state index is 0.460. The predicted octanol–water partition coefficient (Wildman–Crippen LogP) is 4.15. The summed E-state index contributed by atoms with van der Waals surface area (Å²) in [6.07, 6.45) is 0. The van der Waals surface area contributed by atoms with Gasteiger partial charge in [-0.1, -0.05) is 58.8 Å². The van der Waals surface area contributed by atoms with Gasteiger partial charge in [-0.2, -0.15) is 0 Å². The van der Waals surface area contributed by atoms with Crippen LogP contribution in [0.1, 0.15) is 11.1 Å². The molecule has 0 fully saturated rings. The molecule has 0 atom stereocenters. The Bertz CT molecular complexity index is 689. The van der Waals surface area contributed by atoms with Crippen LogP contribution in [0, 0.1) is 0 Å². The topological polar surface area (TPSA) is 122 Å². The Morgan fingerprint density at radius 3 is 1.38 bits per heavy atom. The summed E-state index contributed by atoms with van der Waals surface area (Å²) >= 11 is 0. The van der Waals surface area contributed by atoms with Crippen LogP contribution < -0.4 is 10.6 Å². The first-order valence-electron chi connectivity index (χ1n) is 8.45. The molecule has 0 aromatic heterocycles. The second-order valence-electron chi connectivity index (χ2n) is 5.66. The van der Waals surface area contributed by atoms with Crippen molar-refractivity contribution >= 4 is 0 Å². The van der Waals surface area contributed by atoms with Crippen LogP contribution in [0.5, 0.6) is 0 Å². The fourth-order valence-corrected chi connectivity index (χ4v) is 2.44. The quantitative estimate of drug-likeness (QED) is 0.274. The lowest BCUT2D eigenvalue weighted by molar-refractivity contribution is 0.693. The van der Waals surface area contributed by atoms with E-state index in [9.17, 15) is 0 Å². The molecule has 0 spiro atoms. The molecule has 0 unspecified atom stereocenters. The van der Waals surface area contributed by atoms with E-state index < -0.39 is 0 Å². The van der Waals surface area contributed by atoms with E-state index in [1.54, 1.807) is 0 Å². The zero-order valence-corrected chi connectivity index (χ0v) is 14.5. The number of rotatable bonds is 11. The van der Waals surface area contributed by atoms with Gasteiger partial charge in [-0.15, -0.1) is 0 Å². The maximum atomic E-state index is 8.22. The molecule has 26 heavy (non-hydrogen) atoms. The van der Waals surface area contributed by atoms with Crippen molar-refractivity contribution in [3.05, 3.63) is 80.5 Å². The van der Waals surface area contributed by atoms with Gasteiger partial charge >= 0.3 is 0 Å². The van der Waals surface area contributed by atoms with E-state index in [1.165, 1.54) is 22.3 Å². The molecular formula is C18H22N8. The van der Waals surface area contributed by atoms with Crippen LogP contribution in [0.2, 0.25) is 0 Å². The minimum atomic E-state index is 0.460. The average Bonchev–Trinajstić information content (AvgIpc) is 2.69. The van der Waals surface area contributed by atoms with Crippen molar-refractivity contribution in [1.82, 2.24) is 10.6 Å². The number of azide groups is 2. The van der Waals surface area contributed by atoms with E-state index in [2.05, 4.69) is 79.2 Å². The van der Waals surface area contributed by atoms with Crippen LogP contribution in [0.25, 0.3) is 32.0 Å². The molecule has 8 nitrogen and oxygen atoms in total. The Kier molecular flexibility index (Phi) is 8.55. The monoisotopic (exact) mass is 350 g/mol. The second kappa shape index (κ2) is 11.5. The fraction of sp³-hybridized carbons (Fsp3) is 0.333. The molecule has 0 saturated carbocycles. The van der Waals surface area contributed by atoms with Crippen molar-refractivity contribution < 1.29 is 0 Å². The van der Waals surface area contributed by atoms with Crippen LogP contribution in [0.4, 0.5) is 0 Å². The van der Waals surface area contributed by atoms with Crippen molar-refractivity contribution in [1.29, 1.82) is 0 Å². The molecule has 0 bridgehead atoms. The molecule has 0 radical (unpaired) electrons. The number of hydrogen-bond acceptors (Lipinski definition) is 4. The molecule has 134 valence electrons. The number of hydrogen-bond donors (Lipinski definition) is 2. The SMILES string of the molecule is [N-]=[N+]=NCCNCc1ccc(-c2ccc(CNCCN=[N+]=[N-])cc2)cc1. The Labute approximate surface area is 152 Å². The molecule has 2 aromatic carbocycles. The van der Waals surface area contributed by atoms with Crippen molar-refractivity contribution in [2.24, 2.45) is 10.2 Å². The first-order valence-corrected chi connectivity index (χ1v) is 8.45. The summed E-state index contributed by atoms with van der Waals surface area (Å²) in [5.74, 6) is 0. The first-order chi connectivity index (χ1) is 12.8. The zero-order chi connectivity index (χ0) is 18.5. The van der Waals surface area contributed by atoms with Crippen molar-refractivity contribution in [2.75, 3.05) is 26.2 Å². The second-order valence-corrected chi connectivity index (χ2v) is 5.66. The molecule has 8 heteroatoms. The van der Waals surface area contributed by atoms with Gasteiger partial charge in [0.2, 0.25) is 0 Å². The van der Waals surface area contributed by atoms with Gasteiger partial charge in [0.25, 0.3) is 0 Å². The summed E-state index contributed by atoms with van der Waals surface area (Å²) < 4.78 is 0. The van der Waals surface area contributed by atoms with E-state index in [1.807, 2.05) is 0 Å². The third-order valence-corrected chi connectivity index (χ3v) is 3.80. The lowest BCUT2D eigenvalue weighted by Gasteiger charge is -2.07. The molecular weight excluding hydrogens is 328 g/mol. The zero-order valence-electron chi connectivity index (χ0n) is 14.5. The predicted molar refractivity (Wildman–Crippen MR) is 103 cm³/mol. The molecule has 0 aliphatic heterocycles. The van der Waals surface area contributed by atoms with E-state index in [0.717, 1.165) is 13.1 Å². The summed E-state index contributed by atoms with van der Waals surface area (Å²) in [5.41, 5.74) is 21.2. The standard InChI is InChI=1S/C18H22N8/c19-25-23-11-9-21-13-15-1-5-17(6-2-15)18-7-3-16(4-8-18)14-22-10-12-24-26-20/h1-8,21-22H,9-14H2. The number of nitrogens with zero attached hydrogens (tertiary/aromatic N) is 6. The van der Waals surface area contributed by atoms with E-state index in [0.29, 0.717) is 26.2 Å². The van der Waals surface area contributed by atoms with Crippen molar-refractivity contribution in [3.63, 3.8) is 0 Å². The van der Waals surface area contributed by atoms with Gasteiger partial charge in [-0.05, 0) is 33.3 Å². The molecule has 0 aliphatic carbocycles. The maximum absolute atomic E-state index is 8.22. The van der Waals surface area contributed by atoms with Crippen LogP contribution in [-0.4, -0.2) is 26.2 Å². The Balaban J connectivity index is 1.82. The highest BCUT2D eigenvalue weighted by Gasteiger charge is 1.99. The highest BCUT2D eigenvalue weighted by atomic mass is 15.1. The minimum Gasteiger partial charge on any atom is -0.313 e. The highest BCUT2D eigenvalue weighted by molar-refractivity contribution is 5.63. The molecule has 0 amide bonds. The first kappa shape index (κ1) is 19.3. The van der Waals surface area contributed by atoms with Gasteiger partial charge in [0, 0.05) is 49.1 Å². The smallest absolute Gasteiger partial charge is 0.0383 e. The molecule has 0 aliphatic rings. The van der Waals surface area contributed by atoms with Crippen LogP contribution >= 0.6 is 0 Å². The van der Waals surface area contributed by atoms with Gasteiger partial charge in [0.15, 0.2) is 0 Å². The van der Waals surface area contributed by atoms with Gasteiger partial charge in [0.05, 0.1) is 0 Å². The van der Waals surface area contributed by atoms with Crippen molar-refractivity contribution in [3.8, 4) is 11.1 Å². The Hall–Kier alpha value is -3.02. The molecule has 2 rings (SSSR count). The van der Waals surface area contributed by atoms with E-state index in [-0.39, 0.29) is 0 Å². The maximum Gasteiger partial charge on any atom is 0.0383 e. The number of benzene rings is 2. The lowest BCUT2D eigenvalue weighted by Crippen LogP contribution is -2.16. The fourth-order valence-electron chi connectivity index (χ4n) is 2.44. The highest BCUT2D eigenvalue weighted by Crippen LogP contribution is 2.20. The molecule has 2 N–H and O–H groups in total. The number of nitrogens with one attached hydrogen (secondary N) is 2. The Morgan fingerprint density at radius 1 is 0.654 bits per heavy atom. The van der Waals surface area contributed by atoms with E-state index in [4.69, 9.17) is 11.1 Å². The van der Waals surface area contributed by atoms with Gasteiger partial charge in [-0.25, -0.2) is 0 Å². The summed E-state index contributed by atoms with van der Waals surface area (Å²) in [4.78, 5) is 5.45. The summed E-state index contributed by atoms with van der Waals surface area (Å²) in [6.45, 7) is 3.76. The van der Waals surface area contributed by atoms with Crippen molar-refractivity contribution in [2.45, 2.75) is 13.1 Å². The summed E-state index contributed by atoms with van der Waals surface area (Å²) in [6, 6.07) is 16.8. The van der Waals surface area contributed by atoms with Gasteiger partial charge in [0.1, 0.15) is 0 Å². The summed E-state index contributed by atoms with van der Waals surface area (Å²) in [7, 11) is 0. The third-order valence-electron chi connectivity index (χ3n) is 3.80. The van der Waals surface area contributed by atoms with Gasteiger partial charge in [-0.3, -0.25) is 0 Å². The normalized spacial score (nSPS) is 10.0. The van der Waals surface area contributed by atoms with E-state index >= 15 is 0 Å². The largest absolute Gasteiger partial charge is 0.313 e. The summed E-state index contributed by atoms with van der Waals surface area (Å²) in [5, 5.41) is 13.5. The molecule has 2 aromatic rings. The molecule has 0 saturated heterocycles.